The van der Waals surface area contributed by atoms with Gasteiger partial charge in [0, 0.05) is 0 Å². The minimum atomic E-state index is 0. The Morgan fingerprint density at radius 1 is 1.14 bits per heavy atom. The third-order valence-corrected chi connectivity index (χ3v) is 2.08. The zero-order valence-electron chi connectivity index (χ0n) is 8.46. The Labute approximate surface area is 107 Å². The van der Waals surface area contributed by atoms with Gasteiger partial charge in [0.2, 0.25) is 0 Å². The van der Waals surface area contributed by atoms with Gasteiger partial charge < -0.3 is 0 Å². The zero-order valence-corrected chi connectivity index (χ0v) is 10.5. The van der Waals surface area contributed by atoms with Crippen LogP contribution in [0, 0.1) is 6.07 Å². The largest absolute Gasteiger partial charge is 1.00 e. The molecule has 0 unspecified atom stereocenters. The Balaban J connectivity index is 0.000000980. The van der Waals surface area contributed by atoms with E-state index >= 15 is 0 Å². The molecule has 0 saturated heterocycles. The molecule has 2 aromatic carbocycles. The van der Waals surface area contributed by atoms with Crippen LogP contribution in [0.25, 0.3) is 10.8 Å². The second-order valence-electron chi connectivity index (χ2n) is 3.06. The summed E-state index contributed by atoms with van der Waals surface area (Å²) >= 11 is 0. The number of allylic oxidation sites excluding steroid dienone is 1. The molecule has 0 atom stereocenters. The van der Waals surface area contributed by atoms with Gasteiger partial charge in [-0.15, -0.1) is 53.2 Å². The number of fused-ring (bicyclic) bond motifs is 1. The topological polar surface area (TPSA) is 0 Å². The van der Waals surface area contributed by atoms with E-state index in [1.54, 1.807) is 0 Å². The maximum absolute atomic E-state index is 3.72. The molecule has 14 heavy (non-hydrogen) atoms. The van der Waals surface area contributed by atoms with Crippen LogP contribution in [-0.2, 0) is 6.42 Å². The number of hydrogen-bond acceptors (Lipinski definition) is 0. The molecule has 0 fully saturated rings. The van der Waals surface area contributed by atoms with Crippen LogP contribution in [0.1, 0.15) is 5.56 Å². The van der Waals surface area contributed by atoms with Crippen molar-refractivity contribution in [1.82, 2.24) is 0 Å². The summed E-state index contributed by atoms with van der Waals surface area (Å²) in [5.74, 6) is 0. The number of rotatable bonds is 2. The summed E-state index contributed by atoms with van der Waals surface area (Å²) in [6, 6.07) is 15.9. The van der Waals surface area contributed by atoms with Crippen molar-refractivity contribution in [2.24, 2.45) is 0 Å². The van der Waals surface area contributed by atoms with Gasteiger partial charge in [-0.3, -0.25) is 0 Å². The Kier molecular flexibility index (Phi) is 4.40. The molecule has 0 N–H and O–H groups in total. The van der Waals surface area contributed by atoms with E-state index < -0.39 is 0 Å². The first-order valence-electron chi connectivity index (χ1n) is 4.41. The first kappa shape index (κ1) is 11.5. The van der Waals surface area contributed by atoms with Crippen molar-refractivity contribution in [2.75, 3.05) is 0 Å². The van der Waals surface area contributed by atoms with E-state index in [1.165, 1.54) is 16.3 Å². The van der Waals surface area contributed by atoms with E-state index in [9.17, 15) is 0 Å². The standard InChI is InChI=1S/C13H11.Na/c1-2-5-11-8-9-12-6-3-4-7-13(12)10-11;/h2-4,6-9H,1,5H2;/q-1;+1. The van der Waals surface area contributed by atoms with E-state index in [0.717, 1.165) is 6.42 Å². The normalized spacial score (nSPS) is 9.43. The summed E-state index contributed by atoms with van der Waals surface area (Å²) in [4.78, 5) is 0. The van der Waals surface area contributed by atoms with Crippen molar-refractivity contribution in [3.05, 3.63) is 60.7 Å². The maximum Gasteiger partial charge on any atom is 1.00 e. The third-order valence-electron chi connectivity index (χ3n) is 2.08. The van der Waals surface area contributed by atoms with Crippen molar-refractivity contribution in [3.63, 3.8) is 0 Å². The molecular weight excluding hydrogens is 179 g/mol. The molecule has 0 aliphatic rings. The first-order chi connectivity index (χ1) is 6.40. The molecule has 0 aliphatic carbocycles. The second kappa shape index (κ2) is 5.35. The SMILES string of the molecule is C=CCc1[c-]c2ccccc2cc1.[Na+]. The average Bonchev–Trinajstić information content (AvgIpc) is 2.18. The molecular formula is C13H11Na. The minimum Gasteiger partial charge on any atom is -0.143 e. The van der Waals surface area contributed by atoms with Gasteiger partial charge in [-0.05, 0) is 6.42 Å². The van der Waals surface area contributed by atoms with E-state index in [4.69, 9.17) is 0 Å². The van der Waals surface area contributed by atoms with Gasteiger partial charge in [0.15, 0.2) is 0 Å². The molecule has 0 aromatic heterocycles. The van der Waals surface area contributed by atoms with Gasteiger partial charge >= 0.3 is 29.6 Å². The summed E-state index contributed by atoms with van der Waals surface area (Å²) in [5.41, 5.74) is 1.20. The van der Waals surface area contributed by atoms with Crippen molar-refractivity contribution in [3.8, 4) is 0 Å². The number of hydrogen-bond donors (Lipinski definition) is 0. The van der Waals surface area contributed by atoms with Crippen LogP contribution in [0.15, 0.2) is 49.1 Å². The Morgan fingerprint density at radius 3 is 2.71 bits per heavy atom. The predicted molar refractivity (Wildman–Crippen MR) is 56.7 cm³/mol. The Bertz CT molecular complexity index is 432. The van der Waals surface area contributed by atoms with Crippen molar-refractivity contribution < 1.29 is 29.6 Å². The average molecular weight is 190 g/mol. The van der Waals surface area contributed by atoms with Crippen molar-refractivity contribution in [2.45, 2.75) is 6.42 Å². The maximum atomic E-state index is 3.72. The third kappa shape index (κ3) is 2.48. The Morgan fingerprint density at radius 2 is 1.93 bits per heavy atom. The first-order valence-corrected chi connectivity index (χ1v) is 4.41. The summed E-state index contributed by atoms with van der Waals surface area (Å²) < 4.78 is 0. The van der Waals surface area contributed by atoms with Crippen LogP contribution in [-0.4, -0.2) is 0 Å². The number of benzene rings is 2. The fourth-order valence-electron chi connectivity index (χ4n) is 1.44. The fourth-order valence-corrected chi connectivity index (χ4v) is 1.44. The van der Waals surface area contributed by atoms with E-state index in [-0.39, 0.29) is 29.6 Å². The summed E-state index contributed by atoms with van der Waals surface area (Å²) in [6.45, 7) is 3.72. The van der Waals surface area contributed by atoms with Gasteiger partial charge in [0.05, 0.1) is 0 Å². The Hall–Kier alpha value is -0.560. The monoisotopic (exact) mass is 190 g/mol. The van der Waals surface area contributed by atoms with Gasteiger partial charge in [0.25, 0.3) is 0 Å². The molecule has 64 valence electrons. The van der Waals surface area contributed by atoms with Crippen LogP contribution in [0.5, 0.6) is 0 Å². The van der Waals surface area contributed by atoms with Gasteiger partial charge in [-0.2, -0.15) is 0 Å². The molecule has 0 saturated carbocycles. The van der Waals surface area contributed by atoms with E-state index in [0.29, 0.717) is 0 Å². The summed E-state index contributed by atoms with van der Waals surface area (Å²) in [6.07, 6.45) is 2.80. The fraction of sp³-hybridized carbons (Fsp3) is 0.0769. The quantitative estimate of drug-likeness (QED) is 0.365. The van der Waals surface area contributed by atoms with Gasteiger partial charge in [0.1, 0.15) is 0 Å². The molecule has 0 spiro atoms. The van der Waals surface area contributed by atoms with Crippen LogP contribution in [0.4, 0.5) is 0 Å². The van der Waals surface area contributed by atoms with Crippen molar-refractivity contribution in [1.29, 1.82) is 0 Å². The molecule has 2 aromatic rings. The molecule has 2 rings (SSSR count). The van der Waals surface area contributed by atoms with Crippen LogP contribution >= 0.6 is 0 Å². The smallest absolute Gasteiger partial charge is 0.143 e. The summed E-state index contributed by atoms with van der Waals surface area (Å²) in [7, 11) is 0. The second-order valence-corrected chi connectivity index (χ2v) is 3.06. The molecule has 0 aliphatic heterocycles. The molecule has 0 bridgehead atoms. The molecule has 0 amide bonds. The van der Waals surface area contributed by atoms with Crippen molar-refractivity contribution >= 4 is 10.8 Å². The van der Waals surface area contributed by atoms with Gasteiger partial charge in [-0.25, -0.2) is 0 Å². The molecule has 0 radical (unpaired) electrons. The summed E-state index contributed by atoms with van der Waals surface area (Å²) in [5, 5.41) is 2.43. The van der Waals surface area contributed by atoms with Crippen LogP contribution in [0.3, 0.4) is 0 Å². The van der Waals surface area contributed by atoms with E-state index in [1.807, 2.05) is 18.2 Å². The molecule has 0 nitrogen and oxygen atoms in total. The van der Waals surface area contributed by atoms with E-state index in [2.05, 4.69) is 36.9 Å². The zero-order chi connectivity index (χ0) is 9.10. The van der Waals surface area contributed by atoms with Gasteiger partial charge in [-0.1, -0.05) is 18.2 Å². The molecule has 0 heterocycles. The minimum absolute atomic E-state index is 0. The molecule has 1 heteroatoms. The van der Waals surface area contributed by atoms with Crippen LogP contribution in [0.2, 0.25) is 0 Å². The van der Waals surface area contributed by atoms with Crippen LogP contribution < -0.4 is 29.6 Å². The predicted octanol–water partition coefficient (Wildman–Crippen LogP) is 0.372.